The fourth-order valence-electron chi connectivity index (χ4n) is 1.31. The molecule has 15 heavy (non-hydrogen) atoms. The molecule has 2 heterocycles. The molecular formula is C11H12N2OS. The Balaban J connectivity index is 2.04. The molecule has 0 saturated heterocycles. The zero-order valence-corrected chi connectivity index (χ0v) is 9.00. The molecule has 0 aliphatic heterocycles. The van der Waals surface area contributed by atoms with Gasteiger partial charge < -0.3 is 10.4 Å². The van der Waals surface area contributed by atoms with Gasteiger partial charge in [-0.2, -0.15) is 11.3 Å². The van der Waals surface area contributed by atoms with Crippen molar-refractivity contribution >= 4 is 17.0 Å². The number of nitrogens with one attached hydrogen (secondary N) is 1. The lowest BCUT2D eigenvalue weighted by Gasteiger charge is -2.08. The Labute approximate surface area is 92.4 Å². The summed E-state index contributed by atoms with van der Waals surface area (Å²) in [6.07, 6.45) is 3.42. The van der Waals surface area contributed by atoms with Gasteiger partial charge in [0.25, 0.3) is 0 Å². The van der Waals surface area contributed by atoms with Crippen LogP contribution in [-0.4, -0.2) is 10.1 Å². The van der Waals surface area contributed by atoms with E-state index in [2.05, 4.69) is 21.7 Å². The monoisotopic (exact) mass is 220 g/mol. The van der Waals surface area contributed by atoms with Crippen LogP contribution in [0.1, 0.15) is 11.1 Å². The molecule has 0 saturated carbocycles. The van der Waals surface area contributed by atoms with Crippen molar-refractivity contribution in [3.05, 3.63) is 46.4 Å². The molecule has 0 fully saturated rings. The Kier molecular flexibility index (Phi) is 3.32. The minimum Gasteiger partial charge on any atom is -0.392 e. The van der Waals surface area contributed by atoms with Gasteiger partial charge in [-0.1, -0.05) is 0 Å². The van der Waals surface area contributed by atoms with Gasteiger partial charge in [-0.05, 0) is 28.5 Å². The first-order valence-electron chi connectivity index (χ1n) is 4.69. The second-order valence-corrected chi connectivity index (χ2v) is 3.96. The third kappa shape index (κ3) is 2.55. The topological polar surface area (TPSA) is 45.2 Å². The van der Waals surface area contributed by atoms with Crippen molar-refractivity contribution < 1.29 is 5.11 Å². The SMILES string of the molecule is OCc1ccncc1NCc1ccsc1. The summed E-state index contributed by atoms with van der Waals surface area (Å²) in [7, 11) is 0. The fraction of sp³-hybridized carbons (Fsp3) is 0.182. The summed E-state index contributed by atoms with van der Waals surface area (Å²) in [5.41, 5.74) is 3.01. The van der Waals surface area contributed by atoms with Crippen molar-refractivity contribution in [1.82, 2.24) is 4.98 Å². The number of nitrogens with zero attached hydrogens (tertiary/aromatic N) is 1. The normalized spacial score (nSPS) is 10.2. The third-order valence-corrected chi connectivity index (χ3v) is 2.88. The molecule has 0 radical (unpaired) electrons. The van der Waals surface area contributed by atoms with Crippen LogP contribution in [0.5, 0.6) is 0 Å². The number of hydrogen-bond acceptors (Lipinski definition) is 4. The summed E-state index contributed by atoms with van der Waals surface area (Å²) in [5.74, 6) is 0. The van der Waals surface area contributed by atoms with Crippen LogP contribution in [0, 0.1) is 0 Å². The van der Waals surface area contributed by atoms with E-state index in [1.807, 2.05) is 11.4 Å². The maximum atomic E-state index is 9.11. The second kappa shape index (κ2) is 4.91. The van der Waals surface area contributed by atoms with Crippen LogP contribution in [0.4, 0.5) is 5.69 Å². The van der Waals surface area contributed by atoms with Crippen molar-refractivity contribution in [2.45, 2.75) is 13.2 Å². The van der Waals surface area contributed by atoms with Crippen molar-refractivity contribution in [3.8, 4) is 0 Å². The molecule has 0 spiro atoms. The number of aliphatic hydroxyl groups is 1. The molecule has 2 aromatic heterocycles. The smallest absolute Gasteiger partial charge is 0.0703 e. The molecule has 2 rings (SSSR count). The van der Waals surface area contributed by atoms with Crippen LogP contribution >= 0.6 is 11.3 Å². The van der Waals surface area contributed by atoms with E-state index < -0.39 is 0 Å². The first-order chi connectivity index (χ1) is 7.40. The first-order valence-corrected chi connectivity index (χ1v) is 5.63. The summed E-state index contributed by atoms with van der Waals surface area (Å²) in [5, 5.41) is 16.5. The lowest BCUT2D eigenvalue weighted by Crippen LogP contribution is -2.02. The van der Waals surface area contributed by atoms with Gasteiger partial charge in [-0.25, -0.2) is 0 Å². The maximum absolute atomic E-state index is 9.11. The fourth-order valence-corrected chi connectivity index (χ4v) is 1.98. The molecule has 0 aliphatic carbocycles. The van der Waals surface area contributed by atoms with E-state index in [9.17, 15) is 0 Å². The van der Waals surface area contributed by atoms with Gasteiger partial charge in [0.15, 0.2) is 0 Å². The Bertz CT molecular complexity index is 414. The molecule has 0 unspecified atom stereocenters. The standard InChI is InChI=1S/C11H12N2OS/c14-7-10-1-3-12-6-11(10)13-5-9-2-4-15-8-9/h1-4,6,8,13-14H,5,7H2. The molecule has 0 aromatic carbocycles. The lowest BCUT2D eigenvalue weighted by molar-refractivity contribution is 0.282. The zero-order valence-electron chi connectivity index (χ0n) is 8.18. The summed E-state index contributed by atoms with van der Waals surface area (Å²) in [6, 6.07) is 3.89. The van der Waals surface area contributed by atoms with E-state index in [-0.39, 0.29) is 6.61 Å². The maximum Gasteiger partial charge on any atom is 0.0703 e. The zero-order chi connectivity index (χ0) is 10.5. The molecular weight excluding hydrogens is 208 g/mol. The van der Waals surface area contributed by atoms with E-state index in [4.69, 9.17) is 5.11 Å². The Morgan fingerprint density at radius 1 is 1.40 bits per heavy atom. The highest BCUT2D eigenvalue weighted by Gasteiger charge is 2.00. The number of anilines is 1. The van der Waals surface area contributed by atoms with E-state index in [1.165, 1.54) is 5.56 Å². The Morgan fingerprint density at radius 2 is 2.33 bits per heavy atom. The Hall–Kier alpha value is -1.39. The molecule has 3 nitrogen and oxygen atoms in total. The molecule has 0 bridgehead atoms. The number of thiophene rings is 1. The largest absolute Gasteiger partial charge is 0.392 e. The molecule has 2 aromatic rings. The number of aliphatic hydroxyl groups excluding tert-OH is 1. The van der Waals surface area contributed by atoms with Gasteiger partial charge in [0.05, 0.1) is 18.5 Å². The van der Waals surface area contributed by atoms with Gasteiger partial charge in [-0.3, -0.25) is 4.98 Å². The molecule has 2 N–H and O–H groups in total. The van der Waals surface area contributed by atoms with Crippen molar-refractivity contribution in [1.29, 1.82) is 0 Å². The highest BCUT2D eigenvalue weighted by molar-refractivity contribution is 7.07. The number of hydrogen-bond donors (Lipinski definition) is 2. The average molecular weight is 220 g/mol. The van der Waals surface area contributed by atoms with Gasteiger partial charge in [-0.15, -0.1) is 0 Å². The van der Waals surface area contributed by atoms with Crippen LogP contribution in [0.2, 0.25) is 0 Å². The van der Waals surface area contributed by atoms with E-state index in [1.54, 1.807) is 23.7 Å². The quantitative estimate of drug-likeness (QED) is 0.830. The highest BCUT2D eigenvalue weighted by Crippen LogP contribution is 2.15. The second-order valence-electron chi connectivity index (χ2n) is 3.18. The van der Waals surface area contributed by atoms with Gasteiger partial charge in [0, 0.05) is 18.3 Å². The number of rotatable bonds is 4. The first kappa shape index (κ1) is 10.1. The van der Waals surface area contributed by atoms with E-state index >= 15 is 0 Å². The van der Waals surface area contributed by atoms with E-state index in [0.717, 1.165) is 17.8 Å². The minimum atomic E-state index is 0.0362. The van der Waals surface area contributed by atoms with Crippen molar-refractivity contribution in [3.63, 3.8) is 0 Å². The van der Waals surface area contributed by atoms with Crippen LogP contribution in [0.15, 0.2) is 35.3 Å². The van der Waals surface area contributed by atoms with Gasteiger partial charge in [0.1, 0.15) is 0 Å². The lowest BCUT2D eigenvalue weighted by atomic mass is 10.2. The predicted molar refractivity (Wildman–Crippen MR) is 61.8 cm³/mol. The van der Waals surface area contributed by atoms with Crippen molar-refractivity contribution in [2.24, 2.45) is 0 Å². The molecule has 4 heteroatoms. The van der Waals surface area contributed by atoms with Crippen LogP contribution in [0.25, 0.3) is 0 Å². The Morgan fingerprint density at radius 3 is 3.07 bits per heavy atom. The number of pyridine rings is 1. The van der Waals surface area contributed by atoms with Crippen molar-refractivity contribution in [2.75, 3.05) is 5.32 Å². The third-order valence-electron chi connectivity index (χ3n) is 2.14. The van der Waals surface area contributed by atoms with Gasteiger partial charge >= 0.3 is 0 Å². The summed E-state index contributed by atoms with van der Waals surface area (Å²) >= 11 is 1.68. The summed E-state index contributed by atoms with van der Waals surface area (Å²) in [6.45, 7) is 0.802. The molecule has 0 atom stereocenters. The van der Waals surface area contributed by atoms with E-state index in [0.29, 0.717) is 0 Å². The van der Waals surface area contributed by atoms with Crippen LogP contribution in [0.3, 0.4) is 0 Å². The van der Waals surface area contributed by atoms with Gasteiger partial charge in [0.2, 0.25) is 0 Å². The molecule has 0 amide bonds. The molecule has 78 valence electrons. The summed E-state index contributed by atoms with van der Waals surface area (Å²) < 4.78 is 0. The highest BCUT2D eigenvalue weighted by atomic mass is 32.1. The average Bonchev–Trinajstić information content (AvgIpc) is 2.79. The predicted octanol–water partition coefficient (Wildman–Crippen LogP) is 2.25. The summed E-state index contributed by atoms with van der Waals surface area (Å²) in [4.78, 5) is 4.02. The molecule has 0 aliphatic rings. The van der Waals surface area contributed by atoms with Crippen LogP contribution in [-0.2, 0) is 13.2 Å². The number of aromatic nitrogens is 1. The minimum absolute atomic E-state index is 0.0362. The van der Waals surface area contributed by atoms with Crippen LogP contribution < -0.4 is 5.32 Å².